The molecule has 0 spiro atoms. The molecule has 0 aromatic heterocycles. The lowest BCUT2D eigenvalue weighted by atomic mass is 9.97. The van der Waals surface area contributed by atoms with Gasteiger partial charge in [-0.1, -0.05) is 12.1 Å². The maximum Gasteiger partial charge on any atom is 0.292 e. The standard InChI is InChI=1S/C16H24N4O2.ClH/c21-20(22)16-4-2-1-3-15(16)19-11-9-18(10-12-19)13-14-5-7-17-8-6-14;/h1-4,14,17H,5-13H2;1H. The highest BCUT2D eigenvalue weighted by Gasteiger charge is 2.24. The monoisotopic (exact) mass is 340 g/mol. The first kappa shape index (κ1) is 18.0. The topological polar surface area (TPSA) is 61.7 Å². The number of piperazine rings is 1. The van der Waals surface area contributed by atoms with Crippen molar-refractivity contribution < 1.29 is 4.92 Å². The van der Waals surface area contributed by atoms with E-state index < -0.39 is 0 Å². The van der Waals surface area contributed by atoms with Crippen LogP contribution < -0.4 is 10.2 Å². The van der Waals surface area contributed by atoms with Crippen molar-refractivity contribution in [2.24, 2.45) is 5.92 Å². The fraction of sp³-hybridized carbons (Fsp3) is 0.625. The third-order valence-electron chi connectivity index (χ3n) is 4.77. The molecular formula is C16H25ClN4O2. The Labute approximate surface area is 143 Å². The van der Waals surface area contributed by atoms with Gasteiger partial charge in [0.1, 0.15) is 5.69 Å². The quantitative estimate of drug-likeness (QED) is 0.672. The third-order valence-corrected chi connectivity index (χ3v) is 4.77. The van der Waals surface area contributed by atoms with Gasteiger partial charge in [0.05, 0.1) is 4.92 Å². The molecule has 7 heteroatoms. The number of nitro groups is 1. The molecule has 0 atom stereocenters. The van der Waals surface area contributed by atoms with Gasteiger partial charge in [-0.3, -0.25) is 15.0 Å². The van der Waals surface area contributed by atoms with Crippen molar-refractivity contribution in [1.29, 1.82) is 0 Å². The van der Waals surface area contributed by atoms with E-state index in [0.29, 0.717) is 0 Å². The first-order valence-electron chi connectivity index (χ1n) is 8.15. The molecule has 2 fully saturated rings. The smallest absolute Gasteiger partial charge is 0.292 e. The van der Waals surface area contributed by atoms with Crippen molar-refractivity contribution in [3.05, 3.63) is 34.4 Å². The van der Waals surface area contributed by atoms with Gasteiger partial charge in [-0.2, -0.15) is 0 Å². The molecule has 0 bridgehead atoms. The van der Waals surface area contributed by atoms with Crippen molar-refractivity contribution in [2.75, 3.05) is 50.7 Å². The molecule has 0 unspecified atom stereocenters. The molecule has 0 radical (unpaired) electrons. The van der Waals surface area contributed by atoms with E-state index in [0.717, 1.165) is 50.9 Å². The van der Waals surface area contributed by atoms with E-state index in [1.54, 1.807) is 12.1 Å². The number of hydrogen-bond donors (Lipinski definition) is 1. The summed E-state index contributed by atoms with van der Waals surface area (Å²) in [5, 5.41) is 14.6. The van der Waals surface area contributed by atoms with Crippen LogP contribution in [-0.2, 0) is 0 Å². The van der Waals surface area contributed by atoms with Crippen LogP contribution in [0.15, 0.2) is 24.3 Å². The van der Waals surface area contributed by atoms with Gasteiger partial charge in [0.15, 0.2) is 0 Å². The maximum absolute atomic E-state index is 11.2. The summed E-state index contributed by atoms with van der Waals surface area (Å²) in [4.78, 5) is 15.5. The number of rotatable bonds is 4. The van der Waals surface area contributed by atoms with E-state index in [1.165, 1.54) is 19.4 Å². The number of anilines is 1. The molecule has 1 N–H and O–H groups in total. The summed E-state index contributed by atoms with van der Waals surface area (Å²) in [6, 6.07) is 7.07. The van der Waals surface area contributed by atoms with Gasteiger partial charge in [-0.25, -0.2) is 0 Å². The van der Waals surface area contributed by atoms with Gasteiger partial charge in [0.25, 0.3) is 5.69 Å². The van der Waals surface area contributed by atoms with Crippen LogP contribution in [0.2, 0.25) is 0 Å². The summed E-state index contributed by atoms with van der Waals surface area (Å²) in [7, 11) is 0. The van der Waals surface area contributed by atoms with Crippen molar-refractivity contribution >= 4 is 23.8 Å². The molecule has 1 aromatic rings. The average Bonchev–Trinajstić information content (AvgIpc) is 2.56. The van der Waals surface area contributed by atoms with Crippen molar-refractivity contribution in [1.82, 2.24) is 10.2 Å². The number of nitro benzene ring substituents is 1. The van der Waals surface area contributed by atoms with Gasteiger partial charge < -0.3 is 10.2 Å². The highest BCUT2D eigenvalue weighted by atomic mass is 35.5. The van der Waals surface area contributed by atoms with Crippen LogP contribution in [-0.4, -0.2) is 55.6 Å². The number of nitrogens with zero attached hydrogens (tertiary/aromatic N) is 3. The van der Waals surface area contributed by atoms with Gasteiger partial charge in [0.2, 0.25) is 0 Å². The number of halogens is 1. The zero-order valence-corrected chi connectivity index (χ0v) is 14.1. The van der Waals surface area contributed by atoms with Crippen molar-refractivity contribution in [2.45, 2.75) is 12.8 Å². The molecule has 1 aromatic carbocycles. The average molecular weight is 341 g/mol. The summed E-state index contributed by atoms with van der Waals surface area (Å²) in [5.74, 6) is 0.805. The fourth-order valence-electron chi connectivity index (χ4n) is 3.49. The van der Waals surface area contributed by atoms with Crippen molar-refractivity contribution in [3.63, 3.8) is 0 Å². The van der Waals surface area contributed by atoms with Gasteiger partial charge in [-0.05, 0) is 37.9 Å². The second kappa shape index (κ2) is 8.47. The Morgan fingerprint density at radius 1 is 1.13 bits per heavy atom. The fourth-order valence-corrected chi connectivity index (χ4v) is 3.49. The Morgan fingerprint density at radius 3 is 2.43 bits per heavy atom. The van der Waals surface area contributed by atoms with E-state index >= 15 is 0 Å². The predicted octanol–water partition coefficient (Wildman–Crippen LogP) is 2.14. The Balaban J connectivity index is 0.00000192. The van der Waals surface area contributed by atoms with Crippen LogP contribution in [0.1, 0.15) is 12.8 Å². The molecule has 2 heterocycles. The van der Waals surface area contributed by atoms with Gasteiger partial charge >= 0.3 is 0 Å². The molecule has 2 aliphatic rings. The minimum atomic E-state index is -0.281. The molecular weight excluding hydrogens is 316 g/mol. The van der Waals surface area contributed by atoms with E-state index in [1.807, 2.05) is 12.1 Å². The maximum atomic E-state index is 11.2. The normalized spacial score (nSPS) is 20.1. The summed E-state index contributed by atoms with van der Waals surface area (Å²) < 4.78 is 0. The molecule has 0 saturated carbocycles. The number of para-hydroxylation sites is 2. The van der Waals surface area contributed by atoms with Crippen molar-refractivity contribution in [3.8, 4) is 0 Å². The lowest BCUT2D eigenvalue weighted by Gasteiger charge is -2.38. The SMILES string of the molecule is Cl.O=[N+]([O-])c1ccccc1N1CCN(CC2CCNCC2)CC1. The first-order chi connectivity index (χ1) is 10.7. The summed E-state index contributed by atoms with van der Waals surface area (Å²) in [6.45, 7) is 7.19. The molecule has 128 valence electrons. The summed E-state index contributed by atoms with van der Waals surface area (Å²) in [5.41, 5.74) is 0.975. The number of hydrogen-bond acceptors (Lipinski definition) is 5. The van der Waals surface area contributed by atoms with Crippen LogP contribution in [0.4, 0.5) is 11.4 Å². The third kappa shape index (κ3) is 4.56. The molecule has 23 heavy (non-hydrogen) atoms. The van der Waals surface area contributed by atoms with E-state index in [-0.39, 0.29) is 23.0 Å². The number of benzene rings is 1. The van der Waals surface area contributed by atoms with Crippen LogP contribution in [0, 0.1) is 16.0 Å². The van der Waals surface area contributed by atoms with Crippen LogP contribution in [0.5, 0.6) is 0 Å². The predicted molar refractivity (Wildman–Crippen MR) is 94.6 cm³/mol. The minimum Gasteiger partial charge on any atom is -0.363 e. The first-order valence-corrected chi connectivity index (χ1v) is 8.15. The van der Waals surface area contributed by atoms with Gasteiger partial charge in [-0.15, -0.1) is 12.4 Å². The second-order valence-corrected chi connectivity index (χ2v) is 6.23. The van der Waals surface area contributed by atoms with E-state index in [4.69, 9.17) is 0 Å². The van der Waals surface area contributed by atoms with Gasteiger partial charge in [0, 0.05) is 38.8 Å². The number of piperidine rings is 1. The number of nitrogens with one attached hydrogen (secondary N) is 1. The Morgan fingerprint density at radius 2 is 1.78 bits per heavy atom. The summed E-state index contributed by atoms with van der Waals surface area (Å²) in [6.07, 6.45) is 2.54. The largest absolute Gasteiger partial charge is 0.363 e. The molecule has 0 aliphatic carbocycles. The Bertz CT molecular complexity index is 515. The van der Waals surface area contributed by atoms with Crippen LogP contribution in [0.3, 0.4) is 0 Å². The molecule has 2 saturated heterocycles. The molecule has 6 nitrogen and oxygen atoms in total. The minimum absolute atomic E-state index is 0. The van der Waals surface area contributed by atoms with E-state index in [9.17, 15) is 10.1 Å². The second-order valence-electron chi connectivity index (χ2n) is 6.23. The molecule has 3 rings (SSSR count). The lowest BCUT2D eigenvalue weighted by Crippen LogP contribution is -2.48. The lowest BCUT2D eigenvalue weighted by molar-refractivity contribution is -0.384. The zero-order chi connectivity index (χ0) is 15.4. The highest BCUT2D eigenvalue weighted by molar-refractivity contribution is 5.85. The van der Waals surface area contributed by atoms with E-state index in [2.05, 4.69) is 15.1 Å². The summed E-state index contributed by atoms with van der Waals surface area (Å²) >= 11 is 0. The highest BCUT2D eigenvalue weighted by Crippen LogP contribution is 2.28. The van der Waals surface area contributed by atoms with Crippen LogP contribution >= 0.6 is 12.4 Å². The zero-order valence-electron chi connectivity index (χ0n) is 13.3. The Kier molecular flexibility index (Phi) is 6.62. The molecule has 0 amide bonds. The molecule has 2 aliphatic heterocycles. The van der Waals surface area contributed by atoms with Crippen LogP contribution in [0.25, 0.3) is 0 Å². The Hall–Kier alpha value is -1.37.